The molecule has 2 N–H and O–H groups in total. The van der Waals surface area contributed by atoms with E-state index in [1.807, 2.05) is 12.1 Å². The Morgan fingerprint density at radius 1 is 0.906 bits per heavy atom. The molecule has 0 aliphatic carbocycles. The lowest BCUT2D eigenvalue weighted by Gasteiger charge is -2.16. The fourth-order valence-corrected chi connectivity index (χ4v) is 2.73. The molecule has 0 saturated carbocycles. The van der Waals surface area contributed by atoms with Crippen molar-refractivity contribution in [2.75, 3.05) is 6.61 Å². The number of cyclic esters (lactones) is 1. The van der Waals surface area contributed by atoms with Crippen LogP contribution in [0.25, 0.3) is 12.2 Å². The van der Waals surface area contributed by atoms with Gasteiger partial charge in [-0.15, -0.1) is 0 Å². The van der Waals surface area contributed by atoms with E-state index in [1.54, 1.807) is 48.5 Å². The second kappa shape index (κ2) is 10.9. The topological polar surface area (TPSA) is 119 Å². The largest absolute Gasteiger partial charge is 0.445 e. The average molecular weight is 436 g/mol. The molecule has 1 aliphatic heterocycles. The number of rotatable bonds is 8. The highest BCUT2D eigenvalue weighted by Gasteiger charge is 2.43. The Morgan fingerprint density at radius 3 is 1.91 bits per heavy atom. The maximum Gasteiger partial charge on any atom is 0.379 e. The highest BCUT2D eigenvalue weighted by atomic mass is 16.6. The summed E-state index contributed by atoms with van der Waals surface area (Å²) in [5, 5.41) is 19.2. The van der Waals surface area contributed by atoms with Gasteiger partial charge in [-0.25, -0.2) is 14.4 Å². The molecule has 0 amide bonds. The van der Waals surface area contributed by atoms with Crippen LogP contribution in [0.2, 0.25) is 0 Å². The highest BCUT2D eigenvalue weighted by molar-refractivity contribution is 5.97. The Hall–Kier alpha value is -4.01. The van der Waals surface area contributed by atoms with Crippen molar-refractivity contribution < 1.29 is 38.8 Å². The van der Waals surface area contributed by atoms with Gasteiger partial charge >= 0.3 is 17.9 Å². The van der Waals surface area contributed by atoms with E-state index >= 15 is 0 Å². The molecule has 8 nitrogen and oxygen atoms in total. The molecular formula is C24H20O8. The van der Waals surface area contributed by atoms with Gasteiger partial charge in [0.05, 0.1) is 6.61 Å². The van der Waals surface area contributed by atoms with Crippen LogP contribution in [0, 0.1) is 0 Å². The summed E-state index contributed by atoms with van der Waals surface area (Å²) in [5.41, 5.74) is 1.44. The first-order chi connectivity index (χ1) is 15.5. The van der Waals surface area contributed by atoms with Gasteiger partial charge in [-0.05, 0) is 23.3 Å². The number of carbonyl (C=O) groups excluding carboxylic acids is 3. The van der Waals surface area contributed by atoms with Crippen LogP contribution in [-0.4, -0.2) is 46.9 Å². The van der Waals surface area contributed by atoms with E-state index in [1.165, 1.54) is 12.2 Å². The molecule has 0 unspecified atom stereocenters. The lowest BCUT2D eigenvalue weighted by Crippen LogP contribution is -2.32. The van der Waals surface area contributed by atoms with Crippen LogP contribution in [0.1, 0.15) is 11.1 Å². The van der Waals surface area contributed by atoms with Crippen LogP contribution in [0.4, 0.5) is 0 Å². The maximum absolute atomic E-state index is 12.3. The van der Waals surface area contributed by atoms with Gasteiger partial charge in [-0.3, -0.25) is 0 Å². The van der Waals surface area contributed by atoms with Crippen LogP contribution in [0.3, 0.4) is 0 Å². The summed E-state index contributed by atoms with van der Waals surface area (Å²) in [4.78, 5) is 36.7. The van der Waals surface area contributed by atoms with Crippen LogP contribution >= 0.6 is 0 Å². The molecule has 2 atom stereocenters. The zero-order chi connectivity index (χ0) is 22.9. The summed E-state index contributed by atoms with van der Waals surface area (Å²) in [6.45, 7) is -0.784. The second-order valence-electron chi connectivity index (χ2n) is 6.60. The monoisotopic (exact) mass is 436 g/mol. The van der Waals surface area contributed by atoms with Crippen molar-refractivity contribution in [3.63, 3.8) is 0 Å². The molecule has 0 spiro atoms. The van der Waals surface area contributed by atoms with E-state index in [0.717, 1.165) is 23.3 Å². The summed E-state index contributed by atoms with van der Waals surface area (Å²) in [5.74, 6) is -4.11. The fraction of sp³-hybridized carbons (Fsp3) is 0.125. The third-order valence-corrected chi connectivity index (χ3v) is 4.27. The van der Waals surface area contributed by atoms with Crippen LogP contribution in [-0.2, 0) is 28.6 Å². The Labute approximate surface area is 183 Å². The van der Waals surface area contributed by atoms with Crippen LogP contribution < -0.4 is 0 Å². The maximum atomic E-state index is 12.3. The Balaban J connectivity index is 1.79. The molecule has 0 aromatic heterocycles. The average Bonchev–Trinajstić information content (AvgIpc) is 3.12. The SMILES string of the molecule is O=C(C=Cc1ccccc1)OC1=C(OC(=O)C=Cc2ccccc2)[C@@H]([C@@H](O)CO)OC1=O. The minimum atomic E-state index is -1.59. The van der Waals surface area contributed by atoms with Crippen molar-refractivity contribution in [2.24, 2.45) is 0 Å². The van der Waals surface area contributed by atoms with E-state index in [-0.39, 0.29) is 0 Å². The van der Waals surface area contributed by atoms with Crippen molar-refractivity contribution >= 4 is 30.1 Å². The van der Waals surface area contributed by atoms with Crippen molar-refractivity contribution in [2.45, 2.75) is 12.2 Å². The first-order valence-electron chi connectivity index (χ1n) is 9.62. The number of hydrogen-bond acceptors (Lipinski definition) is 8. The van der Waals surface area contributed by atoms with E-state index in [4.69, 9.17) is 14.2 Å². The second-order valence-corrected chi connectivity index (χ2v) is 6.60. The molecule has 0 bridgehead atoms. The molecule has 0 fully saturated rings. The Kier molecular flexibility index (Phi) is 7.69. The number of aliphatic hydroxyl groups is 2. The number of aliphatic hydroxyl groups excluding tert-OH is 2. The van der Waals surface area contributed by atoms with Gasteiger partial charge < -0.3 is 24.4 Å². The van der Waals surface area contributed by atoms with Gasteiger partial charge in [-0.1, -0.05) is 60.7 Å². The lowest BCUT2D eigenvalue weighted by molar-refractivity contribution is -0.152. The first-order valence-corrected chi connectivity index (χ1v) is 9.62. The molecule has 164 valence electrons. The molecule has 8 heteroatoms. The molecule has 1 aliphatic rings. The quantitative estimate of drug-likeness (QED) is 0.366. The lowest BCUT2D eigenvalue weighted by atomic mass is 10.2. The summed E-state index contributed by atoms with van der Waals surface area (Å²) >= 11 is 0. The normalized spacial score (nSPS) is 16.9. The minimum Gasteiger partial charge on any atom is -0.445 e. The van der Waals surface area contributed by atoms with E-state index in [0.29, 0.717) is 0 Å². The summed E-state index contributed by atoms with van der Waals surface area (Å²) in [7, 11) is 0. The van der Waals surface area contributed by atoms with Crippen molar-refractivity contribution in [3.05, 3.63) is 95.5 Å². The van der Waals surface area contributed by atoms with Gasteiger partial charge in [-0.2, -0.15) is 0 Å². The molecular weight excluding hydrogens is 416 g/mol. The molecule has 2 aromatic rings. The minimum absolute atomic E-state index is 0.499. The summed E-state index contributed by atoms with van der Waals surface area (Å²) < 4.78 is 15.1. The van der Waals surface area contributed by atoms with E-state index in [2.05, 4.69) is 0 Å². The summed E-state index contributed by atoms with van der Waals surface area (Å²) in [6, 6.07) is 17.8. The molecule has 2 aromatic carbocycles. The third kappa shape index (κ3) is 6.00. The summed E-state index contributed by atoms with van der Waals surface area (Å²) in [6.07, 6.45) is 2.03. The van der Waals surface area contributed by atoms with Crippen molar-refractivity contribution in [1.82, 2.24) is 0 Å². The van der Waals surface area contributed by atoms with E-state index in [9.17, 15) is 24.6 Å². The van der Waals surface area contributed by atoms with Gasteiger partial charge in [0.15, 0.2) is 6.10 Å². The van der Waals surface area contributed by atoms with E-state index < -0.39 is 48.2 Å². The van der Waals surface area contributed by atoms with Crippen molar-refractivity contribution in [1.29, 1.82) is 0 Å². The van der Waals surface area contributed by atoms with Crippen LogP contribution in [0.15, 0.2) is 84.3 Å². The number of carbonyl (C=O) groups is 3. The fourth-order valence-electron chi connectivity index (χ4n) is 2.73. The molecule has 0 radical (unpaired) electrons. The smallest absolute Gasteiger partial charge is 0.379 e. The first kappa shape index (κ1) is 22.7. The molecule has 32 heavy (non-hydrogen) atoms. The van der Waals surface area contributed by atoms with Crippen LogP contribution in [0.5, 0.6) is 0 Å². The van der Waals surface area contributed by atoms with Gasteiger partial charge in [0.1, 0.15) is 6.10 Å². The number of ether oxygens (including phenoxy) is 3. The predicted octanol–water partition coefficient (Wildman–Crippen LogP) is 1.99. The highest BCUT2D eigenvalue weighted by Crippen LogP contribution is 2.28. The zero-order valence-corrected chi connectivity index (χ0v) is 16.8. The molecule has 3 rings (SSSR count). The number of benzene rings is 2. The number of esters is 3. The Bertz CT molecular complexity index is 1050. The van der Waals surface area contributed by atoms with Gasteiger partial charge in [0.2, 0.25) is 5.76 Å². The Morgan fingerprint density at radius 2 is 1.41 bits per heavy atom. The standard InChI is InChI=1S/C24H20O8/c25-15-18(26)21-22(30-19(27)13-11-16-7-3-1-4-8-16)23(24(29)32-21)31-20(28)14-12-17-9-5-2-6-10-17/h1-14,18,21,25-26H,15H2/t18-,21+/m0/s1. The molecule has 1 heterocycles. The number of hydrogen-bond donors (Lipinski definition) is 2. The zero-order valence-electron chi connectivity index (χ0n) is 16.8. The predicted molar refractivity (Wildman–Crippen MR) is 113 cm³/mol. The van der Waals surface area contributed by atoms with Gasteiger partial charge in [0.25, 0.3) is 5.76 Å². The van der Waals surface area contributed by atoms with Gasteiger partial charge in [0, 0.05) is 12.2 Å². The third-order valence-electron chi connectivity index (χ3n) is 4.27. The molecule has 0 saturated heterocycles. The van der Waals surface area contributed by atoms with Crippen molar-refractivity contribution in [3.8, 4) is 0 Å².